The number of para-hydroxylation sites is 2. The predicted octanol–water partition coefficient (Wildman–Crippen LogP) is 4.37. The monoisotopic (exact) mass is 461 g/mol. The Hall–Kier alpha value is -3.06. The molecule has 0 saturated carbocycles. The zero-order valence-electron chi connectivity index (χ0n) is 19.3. The van der Waals surface area contributed by atoms with Gasteiger partial charge in [-0.05, 0) is 24.3 Å². The topological polar surface area (TPSA) is 47.0 Å². The van der Waals surface area contributed by atoms with Gasteiger partial charge < -0.3 is 10.0 Å². The highest BCUT2D eigenvalue weighted by Crippen LogP contribution is 2.24. The largest absolute Gasteiger partial charge is 0.385 e. The lowest BCUT2D eigenvalue weighted by atomic mass is 10.0. The molecule has 4 rings (SSSR count). The van der Waals surface area contributed by atoms with E-state index in [0.29, 0.717) is 18.7 Å². The summed E-state index contributed by atoms with van der Waals surface area (Å²) in [6.07, 6.45) is -2.88. The molecule has 0 aliphatic carbocycles. The van der Waals surface area contributed by atoms with Gasteiger partial charge in [-0.25, -0.2) is 4.39 Å². The van der Waals surface area contributed by atoms with Crippen LogP contribution in [0, 0.1) is 0 Å². The summed E-state index contributed by atoms with van der Waals surface area (Å²) in [6.45, 7) is 4.34. The number of rotatable bonds is 10. The summed E-state index contributed by atoms with van der Waals surface area (Å²) >= 11 is 0. The molecule has 1 fully saturated rings. The molecule has 2 unspecified atom stereocenters. The fraction of sp³-hybridized carbons (Fsp3) is 0.321. The number of carbonyl (C=O) groups excluding carboxylic acids is 1. The van der Waals surface area contributed by atoms with E-state index in [1.165, 1.54) is 0 Å². The quantitative estimate of drug-likeness (QED) is 0.359. The van der Waals surface area contributed by atoms with Gasteiger partial charge in [-0.3, -0.25) is 14.6 Å². The number of piperazine rings is 1. The second-order valence-corrected chi connectivity index (χ2v) is 8.62. The summed E-state index contributed by atoms with van der Waals surface area (Å²) in [5, 5.41) is 10.3. The molecule has 1 saturated heterocycles. The van der Waals surface area contributed by atoms with Crippen LogP contribution in [0.1, 0.15) is 16.8 Å². The van der Waals surface area contributed by atoms with E-state index in [1.807, 2.05) is 36.4 Å². The second-order valence-electron chi connectivity index (χ2n) is 8.62. The van der Waals surface area contributed by atoms with Crippen molar-refractivity contribution in [1.29, 1.82) is 0 Å². The van der Waals surface area contributed by atoms with Gasteiger partial charge in [0.1, 0.15) is 6.10 Å². The Balaban J connectivity index is 1.27. The van der Waals surface area contributed by atoms with Gasteiger partial charge in [-0.1, -0.05) is 66.7 Å². The molecule has 34 heavy (non-hydrogen) atoms. The third kappa shape index (κ3) is 6.29. The molecule has 0 spiro atoms. The Bertz CT molecular complexity index is 972. The zero-order chi connectivity index (χ0) is 23.8. The van der Waals surface area contributed by atoms with E-state index in [4.69, 9.17) is 0 Å². The first-order valence-corrected chi connectivity index (χ1v) is 11.9. The van der Waals surface area contributed by atoms with Gasteiger partial charge in [-0.15, -0.1) is 0 Å². The van der Waals surface area contributed by atoms with Gasteiger partial charge in [0.15, 0.2) is 12.1 Å². The molecule has 1 N–H and O–H groups in total. The van der Waals surface area contributed by atoms with Crippen LogP contribution < -0.4 is 4.90 Å². The first-order chi connectivity index (χ1) is 16.6. The van der Waals surface area contributed by atoms with Crippen LogP contribution in [-0.2, 0) is 0 Å². The van der Waals surface area contributed by atoms with Crippen LogP contribution in [0.15, 0.2) is 91.0 Å². The fourth-order valence-electron chi connectivity index (χ4n) is 4.37. The SMILES string of the molecule is O=C(c1ccccc1)C(O)CC(F)N1CCN(CCN(c2ccccc2)c2ccccc2)CC1. The molecule has 5 nitrogen and oxygen atoms in total. The van der Waals surface area contributed by atoms with E-state index in [-0.39, 0.29) is 6.42 Å². The highest BCUT2D eigenvalue weighted by Gasteiger charge is 2.28. The van der Waals surface area contributed by atoms with Crippen molar-refractivity contribution in [3.05, 3.63) is 96.6 Å². The molecule has 0 bridgehead atoms. The fourth-order valence-corrected chi connectivity index (χ4v) is 4.37. The van der Waals surface area contributed by atoms with Crippen molar-refractivity contribution in [2.24, 2.45) is 0 Å². The van der Waals surface area contributed by atoms with E-state index < -0.39 is 18.2 Å². The molecule has 1 aliphatic rings. The van der Waals surface area contributed by atoms with Crippen LogP contribution in [0.4, 0.5) is 15.8 Å². The summed E-state index contributed by atoms with van der Waals surface area (Å²) in [4.78, 5) is 18.7. The molecule has 2 atom stereocenters. The van der Waals surface area contributed by atoms with Crippen molar-refractivity contribution in [2.75, 3.05) is 44.2 Å². The minimum Gasteiger partial charge on any atom is -0.385 e. The van der Waals surface area contributed by atoms with Gasteiger partial charge in [0, 0.05) is 62.6 Å². The highest BCUT2D eigenvalue weighted by molar-refractivity contribution is 5.99. The van der Waals surface area contributed by atoms with Gasteiger partial charge >= 0.3 is 0 Å². The van der Waals surface area contributed by atoms with Crippen LogP contribution in [0.25, 0.3) is 0 Å². The Labute approximate surface area is 201 Å². The number of nitrogens with zero attached hydrogens (tertiary/aromatic N) is 3. The first kappa shape index (κ1) is 24.1. The van der Waals surface area contributed by atoms with E-state index in [2.05, 4.69) is 34.1 Å². The number of hydrogen-bond acceptors (Lipinski definition) is 5. The predicted molar refractivity (Wildman–Crippen MR) is 134 cm³/mol. The number of anilines is 2. The number of aliphatic hydroxyl groups excluding tert-OH is 1. The van der Waals surface area contributed by atoms with Crippen LogP contribution >= 0.6 is 0 Å². The molecule has 0 aromatic heterocycles. The number of ketones is 1. The van der Waals surface area contributed by atoms with Crippen molar-refractivity contribution in [1.82, 2.24) is 9.80 Å². The van der Waals surface area contributed by atoms with E-state index in [1.54, 1.807) is 35.2 Å². The molecule has 1 aliphatic heterocycles. The molecule has 0 radical (unpaired) electrons. The third-order valence-electron chi connectivity index (χ3n) is 6.36. The Morgan fingerprint density at radius 3 is 1.85 bits per heavy atom. The third-order valence-corrected chi connectivity index (χ3v) is 6.36. The molecule has 1 heterocycles. The Kier molecular flexibility index (Phi) is 8.41. The number of hydrogen-bond donors (Lipinski definition) is 1. The average Bonchev–Trinajstić information content (AvgIpc) is 2.90. The molecular formula is C28H32FN3O2. The molecule has 3 aromatic carbocycles. The smallest absolute Gasteiger partial charge is 0.191 e. The molecule has 178 valence electrons. The van der Waals surface area contributed by atoms with Gasteiger partial charge in [0.25, 0.3) is 0 Å². The lowest BCUT2D eigenvalue weighted by Crippen LogP contribution is -2.51. The lowest BCUT2D eigenvalue weighted by Gasteiger charge is -2.37. The zero-order valence-corrected chi connectivity index (χ0v) is 19.3. The van der Waals surface area contributed by atoms with E-state index >= 15 is 0 Å². The Morgan fingerprint density at radius 2 is 1.32 bits per heavy atom. The highest BCUT2D eigenvalue weighted by atomic mass is 19.1. The standard InChI is InChI=1S/C28H32FN3O2/c29-27(22-26(33)28(34)23-10-4-1-5-11-23)31-19-16-30(17-20-31)18-21-32(24-12-6-2-7-13-24)25-14-8-3-9-15-25/h1-15,26-27,33H,16-22H2. The van der Waals surface area contributed by atoms with E-state index in [9.17, 15) is 14.3 Å². The van der Waals surface area contributed by atoms with Crippen LogP contribution in [-0.4, -0.2) is 72.4 Å². The lowest BCUT2D eigenvalue weighted by molar-refractivity contribution is 0.00288. The summed E-state index contributed by atoms with van der Waals surface area (Å²) in [7, 11) is 0. The van der Waals surface area contributed by atoms with Crippen LogP contribution in [0.5, 0.6) is 0 Å². The second kappa shape index (κ2) is 11.9. The van der Waals surface area contributed by atoms with Gasteiger partial charge in [0.2, 0.25) is 0 Å². The van der Waals surface area contributed by atoms with Gasteiger partial charge in [0.05, 0.1) is 0 Å². The van der Waals surface area contributed by atoms with Gasteiger partial charge in [-0.2, -0.15) is 0 Å². The maximum atomic E-state index is 14.9. The van der Waals surface area contributed by atoms with Crippen LogP contribution in [0.2, 0.25) is 0 Å². The minimum absolute atomic E-state index is 0.205. The molecular weight excluding hydrogens is 429 g/mol. The Morgan fingerprint density at radius 1 is 0.824 bits per heavy atom. The van der Waals surface area contributed by atoms with Crippen molar-refractivity contribution >= 4 is 17.2 Å². The summed E-state index contributed by atoms with van der Waals surface area (Å²) in [6, 6.07) is 29.2. The maximum absolute atomic E-state index is 14.9. The first-order valence-electron chi connectivity index (χ1n) is 11.9. The minimum atomic E-state index is -1.34. The summed E-state index contributed by atoms with van der Waals surface area (Å²) in [5.74, 6) is -0.427. The average molecular weight is 462 g/mol. The number of halogens is 1. The summed E-state index contributed by atoms with van der Waals surface area (Å²) in [5.41, 5.74) is 2.70. The molecule has 6 heteroatoms. The normalized spacial score (nSPS) is 16.6. The number of carbonyl (C=O) groups is 1. The van der Waals surface area contributed by atoms with Crippen molar-refractivity contribution in [3.8, 4) is 0 Å². The van der Waals surface area contributed by atoms with Crippen molar-refractivity contribution < 1.29 is 14.3 Å². The maximum Gasteiger partial charge on any atom is 0.191 e. The number of benzene rings is 3. The molecule has 0 amide bonds. The van der Waals surface area contributed by atoms with Crippen molar-refractivity contribution in [3.63, 3.8) is 0 Å². The van der Waals surface area contributed by atoms with Crippen molar-refractivity contribution in [2.45, 2.75) is 18.8 Å². The molecule has 3 aromatic rings. The van der Waals surface area contributed by atoms with E-state index in [0.717, 1.165) is 37.6 Å². The number of Topliss-reactive ketones (excluding diaryl/α,β-unsaturated/α-hetero) is 1. The number of aliphatic hydroxyl groups is 1. The summed E-state index contributed by atoms with van der Waals surface area (Å²) < 4.78 is 14.9. The number of alkyl halides is 1. The van der Waals surface area contributed by atoms with Crippen LogP contribution in [0.3, 0.4) is 0 Å².